The molecule has 0 aliphatic carbocycles. The van der Waals surface area contributed by atoms with E-state index in [1.54, 1.807) is 12.4 Å². The molecule has 3 nitrogen and oxygen atoms in total. The maximum absolute atomic E-state index is 12.3. The van der Waals surface area contributed by atoms with Crippen molar-refractivity contribution in [1.29, 1.82) is 0 Å². The number of nitrogens with zero attached hydrogens (tertiary/aromatic N) is 1. The molecule has 1 aromatic heterocycles. The summed E-state index contributed by atoms with van der Waals surface area (Å²) >= 11 is 0. The number of fused-ring (bicyclic) bond motifs is 1. The molecule has 1 N–H and O–H groups in total. The molecule has 2 aromatic rings. The first-order valence-electron chi connectivity index (χ1n) is 6.58. The summed E-state index contributed by atoms with van der Waals surface area (Å²) in [5.41, 5.74) is 0.832. The Morgan fingerprint density at radius 2 is 2.05 bits per heavy atom. The Morgan fingerprint density at radius 1 is 1.26 bits per heavy atom. The summed E-state index contributed by atoms with van der Waals surface area (Å²) in [5.74, 6) is 0.175. The highest BCUT2D eigenvalue weighted by Gasteiger charge is 2.12. The monoisotopic (exact) mass is 256 g/mol. The van der Waals surface area contributed by atoms with Gasteiger partial charge in [0.1, 0.15) is 0 Å². The Balaban J connectivity index is 2.14. The van der Waals surface area contributed by atoms with E-state index in [1.807, 2.05) is 24.3 Å². The fraction of sp³-hybridized carbons (Fsp3) is 0.375. The van der Waals surface area contributed by atoms with Crippen LogP contribution in [0.5, 0.6) is 0 Å². The first-order valence-corrected chi connectivity index (χ1v) is 6.58. The minimum absolute atomic E-state index is 0.0446. The molecule has 1 heterocycles. The van der Waals surface area contributed by atoms with Crippen molar-refractivity contribution in [3.8, 4) is 0 Å². The number of benzene rings is 1. The molecular formula is C16H20N2O. The molecule has 0 bridgehead atoms. The minimum atomic E-state index is 0.0446. The van der Waals surface area contributed by atoms with Gasteiger partial charge in [-0.15, -0.1) is 0 Å². The van der Waals surface area contributed by atoms with Crippen molar-refractivity contribution >= 4 is 16.6 Å². The average Bonchev–Trinajstić information content (AvgIpc) is 2.36. The Morgan fingerprint density at radius 3 is 2.79 bits per heavy atom. The van der Waals surface area contributed by atoms with Gasteiger partial charge in [-0.2, -0.15) is 0 Å². The Kier molecular flexibility index (Phi) is 3.96. The van der Waals surface area contributed by atoms with Gasteiger partial charge in [-0.3, -0.25) is 9.78 Å². The number of rotatable bonds is 4. The third-order valence-corrected chi connectivity index (χ3v) is 2.99. The second kappa shape index (κ2) is 5.49. The molecule has 0 fully saturated rings. The van der Waals surface area contributed by atoms with E-state index >= 15 is 0 Å². The highest BCUT2D eigenvalue weighted by molar-refractivity contribution is 6.07. The van der Waals surface area contributed by atoms with Crippen LogP contribution < -0.4 is 5.32 Å². The third kappa shape index (κ3) is 3.61. The Bertz CT molecular complexity index is 579. The number of pyridine rings is 1. The van der Waals surface area contributed by atoms with Crippen molar-refractivity contribution < 1.29 is 4.79 Å². The van der Waals surface area contributed by atoms with Crippen molar-refractivity contribution in [3.05, 3.63) is 42.2 Å². The zero-order valence-electron chi connectivity index (χ0n) is 11.7. The van der Waals surface area contributed by atoms with Crippen molar-refractivity contribution in [2.45, 2.75) is 32.7 Å². The quantitative estimate of drug-likeness (QED) is 0.854. The molecule has 1 aromatic carbocycles. The van der Waals surface area contributed by atoms with Crippen molar-refractivity contribution in [2.24, 2.45) is 0 Å². The van der Waals surface area contributed by atoms with Gasteiger partial charge in [0.05, 0.1) is 0 Å². The smallest absolute Gasteiger partial charge is 0.164 e. The summed E-state index contributed by atoms with van der Waals surface area (Å²) in [4.78, 5) is 16.4. The largest absolute Gasteiger partial charge is 0.312 e. The fourth-order valence-corrected chi connectivity index (χ4v) is 2.05. The van der Waals surface area contributed by atoms with Crippen LogP contribution in [0.25, 0.3) is 10.8 Å². The summed E-state index contributed by atoms with van der Waals surface area (Å²) in [5, 5.41) is 5.33. The van der Waals surface area contributed by atoms with E-state index in [4.69, 9.17) is 0 Å². The van der Waals surface area contributed by atoms with Crippen molar-refractivity contribution in [3.63, 3.8) is 0 Å². The fourth-order valence-electron chi connectivity index (χ4n) is 2.05. The zero-order chi connectivity index (χ0) is 13.9. The lowest BCUT2D eigenvalue weighted by molar-refractivity contribution is 0.0982. The lowest BCUT2D eigenvalue weighted by Gasteiger charge is -2.20. The van der Waals surface area contributed by atoms with Crippen LogP contribution in [0, 0.1) is 0 Å². The van der Waals surface area contributed by atoms with Crippen LogP contribution >= 0.6 is 0 Å². The predicted octanol–water partition coefficient (Wildman–Crippen LogP) is 3.20. The van der Waals surface area contributed by atoms with Gasteiger partial charge in [-0.25, -0.2) is 0 Å². The first-order chi connectivity index (χ1) is 8.97. The SMILES string of the molecule is CC(C)(C)NCCC(=O)c1cccc2cnccc12. The molecule has 0 amide bonds. The lowest BCUT2D eigenvalue weighted by atomic mass is 10.0. The Hall–Kier alpha value is -1.74. The molecule has 0 saturated carbocycles. The average molecular weight is 256 g/mol. The molecule has 0 atom stereocenters. The van der Waals surface area contributed by atoms with Gasteiger partial charge in [0, 0.05) is 41.8 Å². The summed E-state index contributed by atoms with van der Waals surface area (Å²) in [7, 11) is 0. The summed E-state index contributed by atoms with van der Waals surface area (Å²) in [6.45, 7) is 6.99. The molecule has 0 saturated heterocycles. The molecule has 19 heavy (non-hydrogen) atoms. The van der Waals surface area contributed by atoms with Gasteiger partial charge in [-0.1, -0.05) is 18.2 Å². The van der Waals surface area contributed by atoms with E-state index in [1.165, 1.54) is 0 Å². The van der Waals surface area contributed by atoms with Gasteiger partial charge in [0.25, 0.3) is 0 Å². The standard InChI is InChI=1S/C16H20N2O/c1-16(2,3)18-10-8-15(19)14-6-4-5-12-11-17-9-7-13(12)14/h4-7,9,11,18H,8,10H2,1-3H3. The van der Waals surface area contributed by atoms with E-state index in [2.05, 4.69) is 31.1 Å². The van der Waals surface area contributed by atoms with Crippen LogP contribution in [-0.2, 0) is 0 Å². The second-order valence-electron chi connectivity index (χ2n) is 5.75. The normalized spacial score (nSPS) is 11.7. The molecule has 0 unspecified atom stereocenters. The molecule has 0 aliphatic heterocycles. The van der Waals surface area contributed by atoms with Crippen LogP contribution in [0.15, 0.2) is 36.7 Å². The van der Waals surface area contributed by atoms with Crippen LogP contribution in [0.1, 0.15) is 37.6 Å². The Labute approximate surface area is 114 Å². The first kappa shape index (κ1) is 13.7. The third-order valence-electron chi connectivity index (χ3n) is 2.99. The van der Waals surface area contributed by atoms with Crippen LogP contribution in [0.2, 0.25) is 0 Å². The number of aromatic nitrogens is 1. The maximum Gasteiger partial charge on any atom is 0.164 e. The summed E-state index contributed by atoms with van der Waals surface area (Å²) < 4.78 is 0. The van der Waals surface area contributed by atoms with Crippen LogP contribution in [-0.4, -0.2) is 22.9 Å². The van der Waals surface area contributed by atoms with Crippen molar-refractivity contribution in [2.75, 3.05) is 6.54 Å². The van der Waals surface area contributed by atoms with Crippen LogP contribution in [0.3, 0.4) is 0 Å². The van der Waals surface area contributed by atoms with Gasteiger partial charge in [-0.05, 0) is 32.2 Å². The highest BCUT2D eigenvalue weighted by Crippen LogP contribution is 2.18. The number of hydrogen-bond donors (Lipinski definition) is 1. The summed E-state index contributed by atoms with van der Waals surface area (Å²) in [6, 6.07) is 7.68. The maximum atomic E-state index is 12.3. The van der Waals surface area contributed by atoms with E-state index in [0.29, 0.717) is 13.0 Å². The zero-order valence-corrected chi connectivity index (χ0v) is 11.7. The van der Waals surface area contributed by atoms with E-state index in [-0.39, 0.29) is 11.3 Å². The number of ketones is 1. The lowest BCUT2D eigenvalue weighted by Crippen LogP contribution is -2.37. The van der Waals surface area contributed by atoms with Gasteiger partial charge in [0.15, 0.2) is 5.78 Å². The molecule has 0 radical (unpaired) electrons. The molecular weight excluding hydrogens is 236 g/mol. The van der Waals surface area contributed by atoms with E-state index < -0.39 is 0 Å². The van der Waals surface area contributed by atoms with E-state index in [9.17, 15) is 4.79 Å². The number of nitrogens with one attached hydrogen (secondary N) is 1. The van der Waals surface area contributed by atoms with Gasteiger partial charge in [0.2, 0.25) is 0 Å². The highest BCUT2D eigenvalue weighted by atomic mass is 16.1. The number of hydrogen-bond acceptors (Lipinski definition) is 3. The molecule has 2 rings (SSSR count). The van der Waals surface area contributed by atoms with Gasteiger partial charge >= 0.3 is 0 Å². The van der Waals surface area contributed by atoms with Crippen molar-refractivity contribution in [1.82, 2.24) is 10.3 Å². The predicted molar refractivity (Wildman–Crippen MR) is 78.4 cm³/mol. The number of Topliss-reactive ketones (excluding diaryl/α,β-unsaturated/α-hetero) is 1. The molecule has 3 heteroatoms. The van der Waals surface area contributed by atoms with Gasteiger partial charge < -0.3 is 5.32 Å². The van der Waals surface area contributed by atoms with Crippen LogP contribution in [0.4, 0.5) is 0 Å². The molecule has 0 aliphatic rings. The topological polar surface area (TPSA) is 42.0 Å². The summed E-state index contributed by atoms with van der Waals surface area (Å²) in [6.07, 6.45) is 4.03. The molecule has 0 spiro atoms. The number of carbonyl (C=O) groups excluding carboxylic acids is 1. The van der Waals surface area contributed by atoms with E-state index in [0.717, 1.165) is 16.3 Å². The molecule has 100 valence electrons. The minimum Gasteiger partial charge on any atom is -0.312 e. The number of carbonyl (C=O) groups is 1. The second-order valence-corrected chi connectivity index (χ2v) is 5.75.